The Bertz CT molecular complexity index is 691. The number of hydrogen-bond donors (Lipinski definition) is 1. The lowest BCUT2D eigenvalue weighted by atomic mass is 9.74. The first kappa shape index (κ1) is 20.2. The van der Waals surface area contributed by atoms with E-state index in [0.717, 1.165) is 5.56 Å². The average Bonchev–Trinajstić information content (AvgIpc) is 2.64. The summed E-state index contributed by atoms with van der Waals surface area (Å²) in [5.74, 6) is 0.177. The highest BCUT2D eigenvalue weighted by Gasteiger charge is 2.31. The number of aliphatic hydroxyl groups is 1. The minimum atomic E-state index is -0.699. The highest BCUT2D eigenvalue weighted by Crippen LogP contribution is 2.38. The number of rotatable bonds is 6. The largest absolute Gasteiger partial charge is 0.386 e. The number of carbonyl (C=O) groups excluding carboxylic acids is 1. The quantitative estimate of drug-likeness (QED) is 0.811. The lowest BCUT2D eigenvalue weighted by Crippen LogP contribution is -2.40. The maximum absolute atomic E-state index is 13.0. The summed E-state index contributed by atoms with van der Waals surface area (Å²) in [7, 11) is 1.78. The van der Waals surface area contributed by atoms with Crippen molar-refractivity contribution < 1.29 is 9.90 Å². The van der Waals surface area contributed by atoms with Crippen molar-refractivity contribution >= 4 is 5.91 Å². The van der Waals surface area contributed by atoms with Crippen LogP contribution in [0.4, 0.5) is 0 Å². The van der Waals surface area contributed by atoms with Gasteiger partial charge in [-0.1, -0.05) is 81.4 Å². The second kappa shape index (κ2) is 8.50. The molecule has 3 nitrogen and oxygen atoms in total. The van der Waals surface area contributed by atoms with E-state index in [9.17, 15) is 9.90 Å². The average molecular weight is 354 g/mol. The van der Waals surface area contributed by atoms with Crippen LogP contribution in [-0.4, -0.2) is 29.0 Å². The highest BCUT2D eigenvalue weighted by molar-refractivity contribution is 5.77. The van der Waals surface area contributed by atoms with Gasteiger partial charge in [0.1, 0.15) is 0 Å². The van der Waals surface area contributed by atoms with Gasteiger partial charge in [0.05, 0.1) is 12.1 Å². The first-order valence-electron chi connectivity index (χ1n) is 9.25. The maximum atomic E-state index is 13.0. The van der Waals surface area contributed by atoms with Crippen molar-refractivity contribution in [2.24, 2.45) is 5.41 Å². The molecule has 0 aliphatic heterocycles. The van der Waals surface area contributed by atoms with Gasteiger partial charge in [-0.2, -0.15) is 0 Å². The standard InChI is InChI=1S/C23H31NO2/c1-17(22(26)19-14-10-7-11-15-19)24(5)21(25)16-20(23(2,3)4)18-12-8-6-9-13-18/h6-15,17,20,22,26H,16H2,1-5H3/t17-,20-,22+/m0/s1. The lowest BCUT2D eigenvalue weighted by Gasteiger charge is -2.34. The minimum absolute atomic E-state index is 0.0286. The molecule has 3 atom stereocenters. The molecule has 2 aromatic rings. The van der Waals surface area contributed by atoms with E-state index in [0.29, 0.717) is 6.42 Å². The van der Waals surface area contributed by atoms with Gasteiger partial charge in [0, 0.05) is 13.5 Å². The third-order valence-corrected chi connectivity index (χ3v) is 5.23. The SMILES string of the molecule is C[C@@H]([C@@H](O)c1ccccc1)N(C)C(=O)C[C@@H](c1ccccc1)C(C)(C)C. The van der Waals surface area contributed by atoms with E-state index in [1.807, 2.05) is 55.5 Å². The molecule has 140 valence electrons. The zero-order chi connectivity index (χ0) is 19.3. The lowest BCUT2D eigenvalue weighted by molar-refractivity contribution is -0.135. The van der Waals surface area contributed by atoms with Crippen LogP contribution < -0.4 is 0 Å². The summed E-state index contributed by atoms with van der Waals surface area (Å²) in [6, 6.07) is 19.4. The Hall–Kier alpha value is -2.13. The predicted octanol–water partition coefficient (Wildman–Crippen LogP) is 4.79. The van der Waals surface area contributed by atoms with Gasteiger partial charge < -0.3 is 10.0 Å². The van der Waals surface area contributed by atoms with Gasteiger partial charge >= 0.3 is 0 Å². The Labute approximate surface area is 157 Å². The molecule has 2 aromatic carbocycles. The summed E-state index contributed by atoms with van der Waals surface area (Å²) in [5, 5.41) is 10.6. The maximum Gasteiger partial charge on any atom is 0.223 e. The molecule has 0 bridgehead atoms. The number of amides is 1. The van der Waals surface area contributed by atoms with Crippen molar-refractivity contribution in [1.82, 2.24) is 4.90 Å². The molecule has 0 heterocycles. The molecule has 0 aliphatic carbocycles. The van der Waals surface area contributed by atoms with Crippen molar-refractivity contribution in [3.8, 4) is 0 Å². The summed E-state index contributed by atoms with van der Waals surface area (Å²) in [5.41, 5.74) is 1.98. The molecule has 0 saturated carbocycles. The monoisotopic (exact) mass is 353 g/mol. The molecule has 0 fully saturated rings. The van der Waals surface area contributed by atoms with E-state index in [4.69, 9.17) is 0 Å². The van der Waals surface area contributed by atoms with E-state index in [-0.39, 0.29) is 23.3 Å². The van der Waals surface area contributed by atoms with Crippen LogP contribution in [0.1, 0.15) is 57.3 Å². The molecule has 0 saturated heterocycles. The van der Waals surface area contributed by atoms with Gasteiger partial charge in [0.2, 0.25) is 5.91 Å². The predicted molar refractivity (Wildman–Crippen MR) is 107 cm³/mol. The van der Waals surface area contributed by atoms with Gasteiger partial charge in [-0.05, 0) is 29.4 Å². The summed E-state index contributed by atoms with van der Waals surface area (Å²) >= 11 is 0. The third-order valence-electron chi connectivity index (χ3n) is 5.23. The molecule has 1 amide bonds. The summed E-state index contributed by atoms with van der Waals surface area (Å²) in [6.07, 6.45) is -0.273. The fourth-order valence-corrected chi connectivity index (χ4v) is 3.30. The molecule has 1 N–H and O–H groups in total. The van der Waals surface area contributed by atoms with Gasteiger partial charge in [-0.25, -0.2) is 0 Å². The van der Waals surface area contributed by atoms with Crippen molar-refractivity contribution in [1.29, 1.82) is 0 Å². The van der Waals surface area contributed by atoms with Crippen LogP contribution in [0.5, 0.6) is 0 Å². The smallest absolute Gasteiger partial charge is 0.223 e. The Morgan fingerprint density at radius 1 is 0.962 bits per heavy atom. The van der Waals surface area contributed by atoms with Crippen LogP contribution in [0.3, 0.4) is 0 Å². The zero-order valence-electron chi connectivity index (χ0n) is 16.5. The Balaban J connectivity index is 2.13. The molecular formula is C23H31NO2. The third kappa shape index (κ3) is 4.95. The van der Waals surface area contributed by atoms with E-state index in [1.54, 1.807) is 11.9 Å². The molecular weight excluding hydrogens is 322 g/mol. The first-order chi connectivity index (χ1) is 12.2. The Morgan fingerprint density at radius 3 is 1.88 bits per heavy atom. The van der Waals surface area contributed by atoms with Crippen molar-refractivity contribution in [2.45, 2.75) is 52.2 Å². The summed E-state index contributed by atoms with van der Waals surface area (Å²) in [6.45, 7) is 8.39. The summed E-state index contributed by atoms with van der Waals surface area (Å²) in [4.78, 5) is 14.6. The number of benzene rings is 2. The van der Waals surface area contributed by atoms with Crippen LogP contribution in [0.15, 0.2) is 60.7 Å². The van der Waals surface area contributed by atoms with Crippen molar-refractivity contribution in [3.05, 3.63) is 71.8 Å². The van der Waals surface area contributed by atoms with Crippen LogP contribution in [0.25, 0.3) is 0 Å². The van der Waals surface area contributed by atoms with Crippen molar-refractivity contribution in [3.63, 3.8) is 0 Å². The molecule has 3 heteroatoms. The molecule has 26 heavy (non-hydrogen) atoms. The van der Waals surface area contributed by atoms with E-state index in [2.05, 4.69) is 32.9 Å². The van der Waals surface area contributed by atoms with Crippen LogP contribution in [0.2, 0.25) is 0 Å². The van der Waals surface area contributed by atoms with E-state index >= 15 is 0 Å². The summed E-state index contributed by atoms with van der Waals surface area (Å²) < 4.78 is 0. The van der Waals surface area contributed by atoms with Crippen LogP contribution in [-0.2, 0) is 4.79 Å². The Morgan fingerprint density at radius 2 is 1.42 bits per heavy atom. The van der Waals surface area contributed by atoms with E-state index < -0.39 is 6.10 Å². The molecule has 0 spiro atoms. The second-order valence-corrected chi connectivity index (χ2v) is 8.13. The molecule has 0 aliphatic rings. The topological polar surface area (TPSA) is 40.5 Å². The van der Waals surface area contributed by atoms with Gasteiger partial charge in [0.25, 0.3) is 0 Å². The van der Waals surface area contributed by atoms with Crippen molar-refractivity contribution in [2.75, 3.05) is 7.05 Å². The van der Waals surface area contributed by atoms with Crippen LogP contribution in [0, 0.1) is 5.41 Å². The van der Waals surface area contributed by atoms with Gasteiger partial charge in [0.15, 0.2) is 0 Å². The zero-order valence-corrected chi connectivity index (χ0v) is 16.5. The number of hydrogen-bond acceptors (Lipinski definition) is 2. The number of carbonyl (C=O) groups is 1. The molecule has 0 unspecified atom stereocenters. The normalized spacial score (nSPS) is 15.2. The molecule has 0 radical (unpaired) electrons. The molecule has 2 rings (SSSR count). The van der Waals surface area contributed by atoms with Gasteiger partial charge in [-0.3, -0.25) is 4.79 Å². The highest BCUT2D eigenvalue weighted by atomic mass is 16.3. The number of aliphatic hydroxyl groups excluding tert-OH is 1. The Kier molecular flexibility index (Phi) is 6.60. The first-order valence-corrected chi connectivity index (χ1v) is 9.25. The van der Waals surface area contributed by atoms with Gasteiger partial charge in [-0.15, -0.1) is 0 Å². The number of nitrogens with zero attached hydrogens (tertiary/aromatic N) is 1. The number of likely N-dealkylation sites (N-methyl/N-ethyl adjacent to an activating group) is 1. The van der Waals surface area contributed by atoms with Crippen LogP contribution >= 0.6 is 0 Å². The fraction of sp³-hybridized carbons (Fsp3) is 0.435. The molecule has 0 aromatic heterocycles. The van der Waals surface area contributed by atoms with E-state index in [1.165, 1.54) is 5.56 Å². The fourth-order valence-electron chi connectivity index (χ4n) is 3.30. The second-order valence-electron chi connectivity index (χ2n) is 8.13. The minimum Gasteiger partial charge on any atom is -0.386 e.